The van der Waals surface area contributed by atoms with Gasteiger partial charge in [-0.1, -0.05) is 18.2 Å². The number of benzene rings is 3. The number of piperidine rings is 1. The van der Waals surface area contributed by atoms with E-state index in [4.69, 9.17) is 0 Å². The molecule has 3 aromatic carbocycles. The maximum absolute atomic E-state index is 13.5. The normalized spacial score (nSPS) is 14.4. The summed E-state index contributed by atoms with van der Waals surface area (Å²) in [6.45, 7) is 4.81. The lowest BCUT2D eigenvalue weighted by Crippen LogP contribution is -2.30. The van der Waals surface area contributed by atoms with Crippen LogP contribution in [0.25, 0.3) is 0 Å². The van der Waals surface area contributed by atoms with Crippen LogP contribution >= 0.6 is 0 Å². The van der Waals surface area contributed by atoms with Crippen molar-refractivity contribution < 1.29 is 26.4 Å². The largest absolute Gasteiger partial charge is 0.416 e. The summed E-state index contributed by atoms with van der Waals surface area (Å²) >= 11 is 0. The van der Waals surface area contributed by atoms with E-state index >= 15 is 0 Å². The van der Waals surface area contributed by atoms with E-state index in [9.17, 15) is 26.4 Å². The van der Waals surface area contributed by atoms with Gasteiger partial charge in [0.15, 0.2) is 0 Å². The highest BCUT2D eigenvalue weighted by atomic mass is 32.2. The number of amides is 1. The lowest BCUT2D eigenvalue weighted by atomic mass is 10.1. The van der Waals surface area contributed by atoms with Crippen LogP contribution < -0.4 is 14.9 Å². The number of rotatable bonds is 6. The predicted molar refractivity (Wildman–Crippen MR) is 139 cm³/mol. The number of hydrogen-bond acceptors (Lipinski definition) is 4. The van der Waals surface area contributed by atoms with Crippen molar-refractivity contribution in [3.8, 4) is 0 Å². The SMILES string of the molecule is Cc1cccc(NS(=O)(=O)c2ccc(C)c(C(=O)Nc3cc(C(F)(F)F)ccc3N3CCCCC3)c2)c1. The molecule has 4 rings (SSSR count). The Hall–Kier alpha value is -3.53. The minimum Gasteiger partial charge on any atom is -0.370 e. The molecule has 1 aliphatic rings. The minimum atomic E-state index is -4.58. The van der Waals surface area contributed by atoms with Crippen LogP contribution in [0.5, 0.6) is 0 Å². The highest BCUT2D eigenvalue weighted by Gasteiger charge is 2.32. The van der Waals surface area contributed by atoms with Gasteiger partial charge in [0.1, 0.15) is 0 Å². The number of nitrogens with zero attached hydrogens (tertiary/aromatic N) is 1. The molecule has 0 aromatic heterocycles. The molecule has 196 valence electrons. The van der Waals surface area contributed by atoms with Crippen molar-refractivity contribution in [2.45, 2.75) is 44.2 Å². The summed E-state index contributed by atoms with van der Waals surface area (Å²) in [6, 6.07) is 14.3. The van der Waals surface area contributed by atoms with Crippen LogP contribution in [0.3, 0.4) is 0 Å². The molecule has 1 heterocycles. The lowest BCUT2D eigenvalue weighted by molar-refractivity contribution is -0.137. The number of aryl methyl sites for hydroxylation is 2. The van der Waals surface area contributed by atoms with Gasteiger partial charge in [0.2, 0.25) is 0 Å². The van der Waals surface area contributed by atoms with Crippen molar-refractivity contribution in [1.29, 1.82) is 0 Å². The summed E-state index contributed by atoms with van der Waals surface area (Å²) in [7, 11) is -4.01. The Kier molecular flexibility index (Phi) is 7.49. The van der Waals surface area contributed by atoms with E-state index in [1.807, 2.05) is 17.9 Å². The van der Waals surface area contributed by atoms with Crippen molar-refractivity contribution in [3.05, 3.63) is 82.9 Å². The molecule has 1 aliphatic heterocycles. The lowest BCUT2D eigenvalue weighted by Gasteiger charge is -2.31. The molecule has 2 N–H and O–H groups in total. The maximum Gasteiger partial charge on any atom is 0.416 e. The highest BCUT2D eigenvalue weighted by Crippen LogP contribution is 2.36. The Morgan fingerprint density at radius 2 is 1.65 bits per heavy atom. The maximum atomic E-state index is 13.5. The number of nitrogens with one attached hydrogen (secondary N) is 2. The van der Waals surface area contributed by atoms with Crippen molar-refractivity contribution in [2.75, 3.05) is 28.0 Å². The molecule has 0 saturated carbocycles. The van der Waals surface area contributed by atoms with E-state index in [2.05, 4.69) is 10.0 Å². The van der Waals surface area contributed by atoms with Gasteiger partial charge in [-0.15, -0.1) is 0 Å². The molecule has 3 aromatic rings. The number of carbonyl (C=O) groups excluding carboxylic acids is 1. The molecule has 0 bridgehead atoms. The van der Waals surface area contributed by atoms with Crippen LogP contribution in [0.2, 0.25) is 0 Å². The first-order valence-corrected chi connectivity index (χ1v) is 13.4. The molecule has 0 aliphatic carbocycles. The van der Waals surface area contributed by atoms with E-state index in [1.165, 1.54) is 24.3 Å². The third-order valence-corrected chi connectivity index (χ3v) is 7.68. The Morgan fingerprint density at radius 3 is 2.32 bits per heavy atom. The summed E-state index contributed by atoms with van der Waals surface area (Å²) in [5.74, 6) is -0.692. The third-order valence-electron chi connectivity index (χ3n) is 6.30. The Balaban J connectivity index is 1.66. The van der Waals surface area contributed by atoms with Crippen LogP contribution in [0.4, 0.5) is 30.2 Å². The summed E-state index contributed by atoms with van der Waals surface area (Å²) in [4.78, 5) is 15.1. The second-order valence-electron chi connectivity index (χ2n) is 9.18. The zero-order chi connectivity index (χ0) is 26.8. The van der Waals surface area contributed by atoms with E-state index in [-0.39, 0.29) is 16.1 Å². The molecule has 1 saturated heterocycles. The Morgan fingerprint density at radius 1 is 0.919 bits per heavy atom. The highest BCUT2D eigenvalue weighted by molar-refractivity contribution is 7.92. The second kappa shape index (κ2) is 10.5. The fourth-order valence-corrected chi connectivity index (χ4v) is 5.42. The molecule has 0 spiro atoms. The van der Waals surface area contributed by atoms with Gasteiger partial charge >= 0.3 is 6.18 Å². The molecular weight excluding hydrogens is 503 g/mol. The van der Waals surface area contributed by atoms with Crippen LogP contribution in [0.1, 0.15) is 46.3 Å². The van der Waals surface area contributed by atoms with Gasteiger partial charge in [-0.2, -0.15) is 13.2 Å². The number of alkyl halides is 3. The zero-order valence-electron chi connectivity index (χ0n) is 20.5. The topological polar surface area (TPSA) is 78.5 Å². The second-order valence-corrected chi connectivity index (χ2v) is 10.9. The van der Waals surface area contributed by atoms with Crippen LogP contribution in [-0.4, -0.2) is 27.4 Å². The smallest absolute Gasteiger partial charge is 0.370 e. The summed E-state index contributed by atoms with van der Waals surface area (Å²) in [5.41, 5.74) is 1.44. The molecule has 1 fully saturated rings. The zero-order valence-corrected chi connectivity index (χ0v) is 21.3. The number of anilines is 3. The van der Waals surface area contributed by atoms with Crippen LogP contribution in [0.15, 0.2) is 65.6 Å². The molecular formula is C27H28F3N3O3S. The first-order valence-electron chi connectivity index (χ1n) is 11.9. The predicted octanol–water partition coefficient (Wildman–Crippen LogP) is 6.37. The fraction of sp³-hybridized carbons (Fsp3) is 0.296. The van der Waals surface area contributed by atoms with Crippen molar-refractivity contribution in [2.24, 2.45) is 0 Å². The minimum absolute atomic E-state index is 0.0345. The summed E-state index contributed by atoms with van der Waals surface area (Å²) in [5, 5.41) is 2.62. The molecule has 37 heavy (non-hydrogen) atoms. The molecule has 10 heteroatoms. The van der Waals surface area contributed by atoms with E-state index in [0.29, 0.717) is 30.0 Å². The first kappa shape index (κ1) is 26.5. The summed E-state index contributed by atoms with van der Waals surface area (Å²) in [6.07, 6.45) is -1.73. The van der Waals surface area contributed by atoms with Gasteiger partial charge in [-0.25, -0.2) is 8.42 Å². The van der Waals surface area contributed by atoms with E-state index in [1.54, 1.807) is 25.1 Å². The number of hydrogen-bond donors (Lipinski definition) is 2. The van der Waals surface area contributed by atoms with Crippen LogP contribution in [0, 0.1) is 13.8 Å². The Labute approximate surface area is 214 Å². The third kappa shape index (κ3) is 6.25. The van der Waals surface area contributed by atoms with E-state index < -0.39 is 27.7 Å². The van der Waals surface area contributed by atoms with Gasteiger partial charge in [0.25, 0.3) is 15.9 Å². The van der Waals surface area contributed by atoms with Crippen molar-refractivity contribution >= 4 is 33.0 Å². The monoisotopic (exact) mass is 531 g/mol. The molecule has 0 radical (unpaired) electrons. The Bertz CT molecular complexity index is 1420. The average Bonchev–Trinajstić information content (AvgIpc) is 2.84. The molecule has 0 unspecified atom stereocenters. The van der Waals surface area contributed by atoms with Crippen LogP contribution in [-0.2, 0) is 16.2 Å². The molecule has 0 atom stereocenters. The van der Waals surface area contributed by atoms with Gasteiger partial charge in [0, 0.05) is 24.3 Å². The first-order chi connectivity index (χ1) is 17.4. The van der Waals surface area contributed by atoms with Crippen molar-refractivity contribution in [1.82, 2.24) is 0 Å². The number of carbonyl (C=O) groups is 1. The average molecular weight is 532 g/mol. The molecule has 6 nitrogen and oxygen atoms in total. The fourth-order valence-electron chi connectivity index (χ4n) is 4.35. The van der Waals surface area contributed by atoms with Gasteiger partial charge in [-0.3, -0.25) is 9.52 Å². The van der Waals surface area contributed by atoms with Gasteiger partial charge in [-0.05, 0) is 86.7 Å². The standard InChI is InChI=1S/C27H28F3N3O3S/c1-18-7-6-8-21(15-18)32-37(35,36)22-11-9-19(2)23(17-22)26(34)31-24-16-20(27(28,29)30)10-12-25(24)33-13-4-3-5-14-33/h6-12,15-17,32H,3-5,13-14H2,1-2H3,(H,31,34). The van der Waals surface area contributed by atoms with E-state index in [0.717, 1.165) is 37.0 Å². The summed E-state index contributed by atoms with van der Waals surface area (Å²) < 4.78 is 68.9. The number of halogens is 3. The number of sulfonamides is 1. The molecule has 1 amide bonds. The van der Waals surface area contributed by atoms with Gasteiger partial charge < -0.3 is 10.2 Å². The van der Waals surface area contributed by atoms with Crippen molar-refractivity contribution in [3.63, 3.8) is 0 Å². The van der Waals surface area contributed by atoms with Gasteiger partial charge in [0.05, 0.1) is 21.8 Å². The quantitative estimate of drug-likeness (QED) is 0.388.